The van der Waals surface area contributed by atoms with Crippen molar-refractivity contribution in [1.82, 2.24) is 15.1 Å². The fourth-order valence-electron chi connectivity index (χ4n) is 5.56. The van der Waals surface area contributed by atoms with Crippen LogP contribution < -0.4 is 14.8 Å². The molecule has 0 aromatic heterocycles. The Labute approximate surface area is 202 Å². The second kappa shape index (κ2) is 9.31. The lowest BCUT2D eigenvalue weighted by atomic mass is 9.57. The molecule has 1 saturated carbocycles. The van der Waals surface area contributed by atoms with Gasteiger partial charge in [0.25, 0.3) is 0 Å². The topological polar surface area (TPSA) is 58.6 Å². The highest BCUT2D eigenvalue weighted by molar-refractivity contribution is 14.0. The number of fused-ring (bicyclic) bond motifs is 2. The van der Waals surface area contributed by atoms with Gasteiger partial charge in [-0.05, 0) is 31.0 Å². The van der Waals surface area contributed by atoms with E-state index in [0.717, 1.165) is 69.8 Å². The molecule has 1 aliphatic carbocycles. The Morgan fingerprint density at radius 3 is 2.71 bits per heavy atom. The number of hydrogen-bond acceptors (Lipinski definition) is 5. The van der Waals surface area contributed by atoms with Crippen LogP contribution >= 0.6 is 24.0 Å². The molecule has 0 spiro atoms. The average molecular weight is 542 g/mol. The van der Waals surface area contributed by atoms with Crippen LogP contribution in [0.2, 0.25) is 0 Å². The monoisotopic (exact) mass is 542 g/mol. The molecule has 1 aromatic carbocycles. The van der Waals surface area contributed by atoms with Gasteiger partial charge in [-0.2, -0.15) is 0 Å². The number of benzene rings is 1. The van der Waals surface area contributed by atoms with Crippen LogP contribution in [0.4, 0.5) is 0 Å². The van der Waals surface area contributed by atoms with Gasteiger partial charge in [0.2, 0.25) is 6.79 Å². The van der Waals surface area contributed by atoms with Crippen LogP contribution in [0, 0.1) is 11.3 Å². The van der Waals surface area contributed by atoms with Crippen LogP contribution in [0.1, 0.15) is 32.8 Å². The number of rotatable bonds is 4. The third-order valence-corrected chi connectivity index (χ3v) is 7.21. The normalized spacial score (nSPS) is 29.2. The molecule has 1 aromatic rings. The number of halogens is 1. The number of ether oxygens (including phenoxy) is 3. The highest BCUT2D eigenvalue weighted by Gasteiger charge is 2.59. The second-order valence-electron chi connectivity index (χ2n) is 9.44. The maximum absolute atomic E-state index is 5.97. The zero-order valence-electron chi connectivity index (χ0n) is 18.8. The molecule has 2 saturated heterocycles. The summed E-state index contributed by atoms with van der Waals surface area (Å²) in [6, 6.07) is 6.72. The first-order valence-corrected chi connectivity index (χ1v) is 11.3. The van der Waals surface area contributed by atoms with Crippen LogP contribution in [0.3, 0.4) is 0 Å². The Balaban J connectivity index is 0.00000231. The number of nitrogens with one attached hydrogen (secondary N) is 1. The molecule has 3 aliphatic heterocycles. The van der Waals surface area contributed by atoms with Gasteiger partial charge in [-0.3, -0.25) is 9.89 Å². The summed E-state index contributed by atoms with van der Waals surface area (Å²) in [5.41, 5.74) is 1.44. The van der Waals surface area contributed by atoms with Crippen LogP contribution in [-0.4, -0.2) is 74.0 Å². The van der Waals surface area contributed by atoms with E-state index < -0.39 is 0 Å². The van der Waals surface area contributed by atoms with E-state index in [1.54, 1.807) is 0 Å². The van der Waals surface area contributed by atoms with Crippen LogP contribution in [0.25, 0.3) is 0 Å². The van der Waals surface area contributed by atoms with Gasteiger partial charge in [-0.25, -0.2) is 0 Å². The molecule has 4 aliphatic rings. The Kier molecular flexibility index (Phi) is 6.88. The molecule has 172 valence electrons. The van der Waals surface area contributed by atoms with Crippen molar-refractivity contribution in [1.29, 1.82) is 0 Å². The van der Waals surface area contributed by atoms with Gasteiger partial charge in [0.15, 0.2) is 17.5 Å². The molecule has 0 radical (unpaired) electrons. The highest BCUT2D eigenvalue weighted by Crippen LogP contribution is 2.52. The van der Waals surface area contributed by atoms with Gasteiger partial charge >= 0.3 is 0 Å². The summed E-state index contributed by atoms with van der Waals surface area (Å²) in [4.78, 5) is 9.77. The molecular weight excluding hydrogens is 507 g/mol. The van der Waals surface area contributed by atoms with E-state index in [4.69, 9.17) is 19.2 Å². The number of aliphatic imine (C=N–C) groups is 1. The summed E-state index contributed by atoms with van der Waals surface area (Å²) in [5.74, 6) is 3.41. The summed E-state index contributed by atoms with van der Waals surface area (Å²) < 4.78 is 16.9. The lowest BCUT2D eigenvalue weighted by Crippen LogP contribution is -2.68. The predicted octanol–water partition coefficient (Wildman–Crippen LogP) is 2.93. The van der Waals surface area contributed by atoms with Gasteiger partial charge in [-0.1, -0.05) is 19.9 Å². The third-order valence-electron chi connectivity index (χ3n) is 7.21. The average Bonchev–Trinajstić information content (AvgIpc) is 3.39. The number of guanidine groups is 1. The quantitative estimate of drug-likeness (QED) is 0.359. The highest BCUT2D eigenvalue weighted by atomic mass is 127. The molecule has 1 N–H and O–H groups in total. The van der Waals surface area contributed by atoms with Crippen molar-refractivity contribution in [3.63, 3.8) is 0 Å². The number of piperazine rings is 1. The van der Waals surface area contributed by atoms with Gasteiger partial charge in [0, 0.05) is 63.3 Å². The zero-order chi connectivity index (χ0) is 20.7. The fourth-order valence-corrected chi connectivity index (χ4v) is 5.56. The fraction of sp³-hybridized carbons (Fsp3) is 0.696. The molecule has 3 heterocycles. The summed E-state index contributed by atoms with van der Waals surface area (Å²) in [6.07, 6.45) is 1.56. The van der Waals surface area contributed by atoms with Crippen LogP contribution in [0.15, 0.2) is 23.2 Å². The van der Waals surface area contributed by atoms with E-state index >= 15 is 0 Å². The molecule has 0 amide bonds. The maximum Gasteiger partial charge on any atom is 0.231 e. The molecule has 3 atom stereocenters. The zero-order valence-corrected chi connectivity index (χ0v) is 21.1. The first-order valence-electron chi connectivity index (χ1n) is 11.3. The molecule has 3 fully saturated rings. The minimum Gasteiger partial charge on any atom is -0.454 e. The molecule has 8 heteroatoms. The smallest absolute Gasteiger partial charge is 0.231 e. The largest absolute Gasteiger partial charge is 0.454 e. The van der Waals surface area contributed by atoms with Crippen molar-refractivity contribution in [2.75, 3.05) is 46.1 Å². The number of nitrogens with zero attached hydrogens (tertiary/aromatic N) is 3. The Morgan fingerprint density at radius 2 is 1.94 bits per heavy atom. The summed E-state index contributed by atoms with van der Waals surface area (Å²) in [7, 11) is 0. The van der Waals surface area contributed by atoms with E-state index in [2.05, 4.69) is 48.0 Å². The van der Waals surface area contributed by atoms with E-state index in [0.29, 0.717) is 24.9 Å². The molecular formula is C23H35IN4O3. The minimum absolute atomic E-state index is 0. The van der Waals surface area contributed by atoms with Gasteiger partial charge < -0.3 is 24.4 Å². The third kappa shape index (κ3) is 4.35. The predicted molar refractivity (Wildman–Crippen MR) is 131 cm³/mol. The molecule has 31 heavy (non-hydrogen) atoms. The van der Waals surface area contributed by atoms with E-state index in [9.17, 15) is 0 Å². The van der Waals surface area contributed by atoms with Crippen molar-refractivity contribution in [2.24, 2.45) is 16.3 Å². The summed E-state index contributed by atoms with van der Waals surface area (Å²) >= 11 is 0. The van der Waals surface area contributed by atoms with Gasteiger partial charge in [0.05, 0.1) is 6.10 Å². The lowest BCUT2D eigenvalue weighted by molar-refractivity contribution is -0.107. The van der Waals surface area contributed by atoms with Gasteiger partial charge in [-0.15, -0.1) is 24.0 Å². The van der Waals surface area contributed by atoms with Crippen molar-refractivity contribution >= 4 is 29.9 Å². The molecule has 5 rings (SSSR count). The van der Waals surface area contributed by atoms with Gasteiger partial charge in [0.1, 0.15) is 0 Å². The van der Waals surface area contributed by atoms with E-state index in [1.165, 1.54) is 5.56 Å². The van der Waals surface area contributed by atoms with Crippen molar-refractivity contribution < 1.29 is 14.2 Å². The summed E-state index contributed by atoms with van der Waals surface area (Å²) in [6.45, 7) is 13.8. The Bertz CT molecular complexity index is 810. The standard InChI is InChI=1S/C23H34N4O3.HI/c1-4-24-22(25-20-17-7-12-28-21(17)23(20,2)3)27-10-8-26(9-11-27)14-16-5-6-18-19(13-16)30-15-29-18;/h5-6,13,17,20-21H,4,7-12,14-15H2,1-3H3,(H,24,25);1H. The number of hydrogen-bond donors (Lipinski definition) is 1. The van der Waals surface area contributed by atoms with Crippen LogP contribution in [-0.2, 0) is 11.3 Å². The molecule has 3 unspecified atom stereocenters. The summed E-state index contributed by atoms with van der Waals surface area (Å²) in [5, 5.41) is 3.83. The van der Waals surface area contributed by atoms with Crippen LogP contribution in [0.5, 0.6) is 11.5 Å². The molecule has 0 bridgehead atoms. The first-order chi connectivity index (χ1) is 14.6. The Morgan fingerprint density at radius 1 is 1.16 bits per heavy atom. The molecule has 7 nitrogen and oxygen atoms in total. The van der Waals surface area contributed by atoms with Crippen molar-refractivity contribution in [3.8, 4) is 11.5 Å². The van der Waals surface area contributed by atoms with Crippen molar-refractivity contribution in [3.05, 3.63) is 23.8 Å². The van der Waals surface area contributed by atoms with E-state index in [-0.39, 0.29) is 29.4 Å². The van der Waals surface area contributed by atoms with Crippen molar-refractivity contribution in [2.45, 2.75) is 45.9 Å². The maximum atomic E-state index is 5.97. The van der Waals surface area contributed by atoms with E-state index in [1.807, 2.05) is 6.07 Å². The lowest BCUT2D eigenvalue weighted by Gasteiger charge is -2.55. The Hall–Kier alpha value is -1.26. The first kappa shape index (κ1) is 22.9. The minimum atomic E-state index is 0. The second-order valence-corrected chi connectivity index (χ2v) is 9.44. The SMILES string of the molecule is CCN=C(NC1C2CCOC2C1(C)C)N1CCN(Cc2ccc3c(c2)OCO3)CC1.I.